The molecule has 1 aliphatic rings. The number of aromatic nitrogens is 3. The quantitative estimate of drug-likeness (QED) is 0.740. The number of pyridine rings is 3. The van der Waals surface area contributed by atoms with Gasteiger partial charge < -0.3 is 11.1 Å². The molecule has 3 aromatic rings. The zero-order valence-electron chi connectivity index (χ0n) is 14.8. The van der Waals surface area contributed by atoms with Crippen molar-refractivity contribution >= 4 is 28.3 Å². The van der Waals surface area contributed by atoms with E-state index >= 15 is 0 Å². The summed E-state index contributed by atoms with van der Waals surface area (Å²) in [6.45, 7) is 1.99. The van der Waals surface area contributed by atoms with Crippen molar-refractivity contribution in [1.82, 2.24) is 15.0 Å². The average Bonchev–Trinajstić information content (AvgIpc) is 3.41. The summed E-state index contributed by atoms with van der Waals surface area (Å²) >= 11 is 0. The molecule has 27 heavy (non-hydrogen) atoms. The molecule has 0 radical (unpaired) electrons. The Labute approximate surface area is 156 Å². The van der Waals surface area contributed by atoms with Crippen molar-refractivity contribution in [3.05, 3.63) is 42.4 Å². The molecule has 0 spiro atoms. The first-order chi connectivity index (χ1) is 13.1. The topological polar surface area (TPSA) is 118 Å². The molecule has 0 unspecified atom stereocenters. The van der Waals surface area contributed by atoms with Gasteiger partial charge in [-0.05, 0) is 48.4 Å². The van der Waals surface area contributed by atoms with Crippen molar-refractivity contribution in [3.8, 4) is 17.3 Å². The fourth-order valence-corrected chi connectivity index (χ4v) is 3.24. The van der Waals surface area contributed by atoms with Crippen LogP contribution in [0.5, 0.6) is 0 Å². The second kappa shape index (κ2) is 6.65. The van der Waals surface area contributed by atoms with Crippen LogP contribution in [0, 0.1) is 30.1 Å². The number of anilines is 2. The average molecular weight is 358 g/mol. The summed E-state index contributed by atoms with van der Waals surface area (Å²) in [7, 11) is 0. The number of fused-ring (bicyclic) bond motifs is 1. The van der Waals surface area contributed by atoms with Gasteiger partial charge in [-0.2, -0.15) is 5.26 Å². The Morgan fingerprint density at radius 1 is 1.41 bits per heavy atom. The molecule has 3 aromatic heterocycles. The first-order valence-electron chi connectivity index (χ1n) is 8.72. The largest absolute Gasteiger partial charge is 0.383 e. The molecule has 3 N–H and O–H groups in total. The SMILES string of the molecule is Cc1ccncc1-c1cc2cc(NC(=O)[C@@H]3C[C@H]3CC#N)ncc2c(N)n1. The van der Waals surface area contributed by atoms with Crippen LogP contribution in [0.2, 0.25) is 0 Å². The van der Waals surface area contributed by atoms with E-state index in [1.165, 1.54) is 0 Å². The second-order valence-corrected chi connectivity index (χ2v) is 6.83. The normalized spacial score (nSPS) is 18.1. The van der Waals surface area contributed by atoms with Gasteiger partial charge in [0.2, 0.25) is 5.91 Å². The number of nitrogen functional groups attached to an aromatic ring is 1. The highest BCUT2D eigenvalue weighted by Gasteiger charge is 2.42. The van der Waals surface area contributed by atoms with Gasteiger partial charge in [0.15, 0.2) is 0 Å². The zero-order chi connectivity index (χ0) is 19.0. The predicted molar refractivity (Wildman–Crippen MR) is 102 cm³/mol. The molecule has 7 heteroatoms. The van der Waals surface area contributed by atoms with E-state index in [0.29, 0.717) is 18.1 Å². The Hall–Kier alpha value is -3.53. The molecule has 7 nitrogen and oxygen atoms in total. The van der Waals surface area contributed by atoms with E-state index in [0.717, 1.165) is 34.0 Å². The van der Waals surface area contributed by atoms with Gasteiger partial charge in [-0.1, -0.05) is 0 Å². The first kappa shape index (κ1) is 16.9. The van der Waals surface area contributed by atoms with Crippen molar-refractivity contribution < 1.29 is 4.79 Å². The maximum Gasteiger partial charge on any atom is 0.228 e. The fourth-order valence-electron chi connectivity index (χ4n) is 3.24. The van der Waals surface area contributed by atoms with Gasteiger partial charge in [0, 0.05) is 41.9 Å². The highest BCUT2D eigenvalue weighted by atomic mass is 16.2. The number of amides is 1. The van der Waals surface area contributed by atoms with Gasteiger partial charge in [-0.15, -0.1) is 0 Å². The smallest absolute Gasteiger partial charge is 0.228 e. The Morgan fingerprint density at radius 2 is 2.26 bits per heavy atom. The number of nitrogens with one attached hydrogen (secondary N) is 1. The minimum absolute atomic E-state index is 0.0903. The molecule has 2 atom stereocenters. The minimum atomic E-state index is -0.0988. The number of rotatable bonds is 4. The van der Waals surface area contributed by atoms with Gasteiger partial charge in [-0.3, -0.25) is 9.78 Å². The van der Waals surface area contributed by atoms with E-state index in [9.17, 15) is 4.79 Å². The van der Waals surface area contributed by atoms with Crippen molar-refractivity contribution in [2.75, 3.05) is 11.1 Å². The third-order valence-corrected chi connectivity index (χ3v) is 4.92. The number of nitrogens with two attached hydrogens (primary N) is 1. The van der Waals surface area contributed by atoms with E-state index in [-0.39, 0.29) is 17.7 Å². The number of hydrogen-bond donors (Lipinski definition) is 2. The Balaban J connectivity index is 1.64. The zero-order valence-corrected chi connectivity index (χ0v) is 14.8. The molecule has 0 saturated heterocycles. The van der Waals surface area contributed by atoms with Gasteiger partial charge in [0.25, 0.3) is 0 Å². The number of carbonyl (C=O) groups is 1. The lowest BCUT2D eigenvalue weighted by Crippen LogP contribution is -2.15. The maximum absolute atomic E-state index is 12.3. The van der Waals surface area contributed by atoms with Crippen LogP contribution < -0.4 is 11.1 Å². The summed E-state index contributed by atoms with van der Waals surface area (Å²) in [6, 6.07) is 7.75. The van der Waals surface area contributed by atoms with Gasteiger partial charge >= 0.3 is 0 Å². The van der Waals surface area contributed by atoms with Crippen LogP contribution in [-0.4, -0.2) is 20.9 Å². The number of nitrogens with zero attached hydrogens (tertiary/aromatic N) is 4. The van der Waals surface area contributed by atoms with Gasteiger partial charge in [-0.25, -0.2) is 9.97 Å². The third kappa shape index (κ3) is 3.29. The fraction of sp³-hybridized carbons (Fsp3) is 0.250. The summed E-state index contributed by atoms with van der Waals surface area (Å²) < 4.78 is 0. The molecular weight excluding hydrogens is 340 g/mol. The van der Waals surface area contributed by atoms with E-state index < -0.39 is 0 Å². The van der Waals surface area contributed by atoms with Crippen LogP contribution in [0.25, 0.3) is 22.0 Å². The van der Waals surface area contributed by atoms with Crippen LogP contribution >= 0.6 is 0 Å². The van der Waals surface area contributed by atoms with Crippen LogP contribution in [0.3, 0.4) is 0 Å². The lowest BCUT2D eigenvalue weighted by Gasteiger charge is -2.10. The molecule has 0 aliphatic heterocycles. The summed E-state index contributed by atoms with van der Waals surface area (Å²) in [4.78, 5) is 25.2. The van der Waals surface area contributed by atoms with Crippen molar-refractivity contribution in [1.29, 1.82) is 5.26 Å². The van der Waals surface area contributed by atoms with Crippen LogP contribution in [0.4, 0.5) is 11.6 Å². The molecule has 1 saturated carbocycles. The van der Waals surface area contributed by atoms with Gasteiger partial charge in [0.05, 0.1) is 11.8 Å². The van der Waals surface area contributed by atoms with Crippen molar-refractivity contribution in [2.45, 2.75) is 19.8 Å². The van der Waals surface area contributed by atoms with Crippen LogP contribution in [0.15, 0.2) is 36.8 Å². The summed E-state index contributed by atoms with van der Waals surface area (Å²) in [5, 5.41) is 13.1. The number of aryl methyl sites for hydroxylation is 1. The molecule has 3 heterocycles. The molecule has 0 aromatic carbocycles. The summed E-state index contributed by atoms with van der Waals surface area (Å²) in [5.74, 6) is 0.822. The molecule has 1 amide bonds. The van der Waals surface area contributed by atoms with E-state index in [4.69, 9.17) is 11.0 Å². The third-order valence-electron chi connectivity index (χ3n) is 4.92. The first-order valence-corrected chi connectivity index (χ1v) is 8.72. The standard InChI is InChI=1S/C20H18N6O/c1-11-3-5-23-9-15(11)17-7-13-8-18(24-10-16(13)19(22)25-17)26-20(27)14-6-12(14)2-4-21/h3,5,7-10,12,14H,2,6H2,1H3,(H2,22,25)(H,24,26,27)/t12-,14-/m1/s1. The Kier molecular flexibility index (Phi) is 4.16. The monoisotopic (exact) mass is 358 g/mol. The number of carbonyl (C=O) groups excluding carboxylic acids is 1. The highest BCUT2D eigenvalue weighted by Crippen LogP contribution is 2.41. The lowest BCUT2D eigenvalue weighted by molar-refractivity contribution is -0.117. The van der Waals surface area contributed by atoms with Crippen molar-refractivity contribution in [2.24, 2.45) is 11.8 Å². The van der Waals surface area contributed by atoms with Crippen LogP contribution in [0.1, 0.15) is 18.4 Å². The van der Waals surface area contributed by atoms with Crippen LogP contribution in [-0.2, 0) is 4.79 Å². The molecule has 1 aliphatic carbocycles. The maximum atomic E-state index is 12.3. The predicted octanol–water partition coefficient (Wildman–Crippen LogP) is 3.07. The Morgan fingerprint density at radius 3 is 3.04 bits per heavy atom. The molecule has 4 rings (SSSR count). The van der Waals surface area contributed by atoms with Crippen molar-refractivity contribution in [3.63, 3.8) is 0 Å². The Bertz CT molecular complexity index is 1090. The molecular formula is C20H18N6O. The number of hydrogen-bond acceptors (Lipinski definition) is 6. The van der Waals surface area contributed by atoms with E-state index in [1.54, 1.807) is 24.7 Å². The highest BCUT2D eigenvalue weighted by molar-refractivity contribution is 5.98. The molecule has 1 fully saturated rings. The van der Waals surface area contributed by atoms with Gasteiger partial charge in [0.1, 0.15) is 11.6 Å². The summed E-state index contributed by atoms with van der Waals surface area (Å²) in [6.07, 6.45) is 6.29. The second-order valence-electron chi connectivity index (χ2n) is 6.83. The summed E-state index contributed by atoms with van der Waals surface area (Å²) in [5.41, 5.74) is 8.80. The van der Waals surface area contributed by atoms with E-state index in [2.05, 4.69) is 26.3 Å². The lowest BCUT2D eigenvalue weighted by atomic mass is 10.1. The minimum Gasteiger partial charge on any atom is -0.383 e. The molecule has 0 bridgehead atoms. The number of nitriles is 1. The van der Waals surface area contributed by atoms with E-state index in [1.807, 2.05) is 19.1 Å². The molecule has 134 valence electrons.